The molecule has 0 aliphatic carbocycles. The van der Waals surface area contributed by atoms with Crippen LogP contribution in [0.3, 0.4) is 0 Å². The first kappa shape index (κ1) is 23.7. The first-order chi connectivity index (χ1) is 15.4. The maximum Gasteiger partial charge on any atom is 0.262 e. The third-order valence-electron chi connectivity index (χ3n) is 4.95. The Morgan fingerprint density at radius 3 is 2.41 bits per heavy atom. The lowest BCUT2D eigenvalue weighted by Gasteiger charge is -2.29. The fraction of sp³-hybridized carbons (Fsp3) is 0.174. The van der Waals surface area contributed by atoms with E-state index < -0.39 is 22.0 Å². The summed E-state index contributed by atoms with van der Waals surface area (Å²) in [5.41, 5.74) is 3.21. The zero-order chi connectivity index (χ0) is 23.1. The molecule has 0 saturated carbocycles. The number of sulfonamides is 1. The SMILES string of the molecule is C=Cc1ccc(CN([C@H](Cc2cccs2)C(=O)NO)S(=O)(=O)c2ccc(OC)cc2)cc1. The number of carbonyl (C=O) groups excluding carboxylic acids is 1. The Labute approximate surface area is 191 Å². The maximum absolute atomic E-state index is 13.7. The van der Waals surface area contributed by atoms with E-state index in [1.165, 1.54) is 30.6 Å². The highest BCUT2D eigenvalue weighted by molar-refractivity contribution is 7.89. The highest BCUT2D eigenvalue weighted by Crippen LogP contribution is 2.26. The van der Waals surface area contributed by atoms with E-state index >= 15 is 0 Å². The molecule has 1 amide bonds. The van der Waals surface area contributed by atoms with Gasteiger partial charge < -0.3 is 4.74 Å². The summed E-state index contributed by atoms with van der Waals surface area (Å²) in [5, 5.41) is 11.2. The summed E-state index contributed by atoms with van der Waals surface area (Å²) >= 11 is 1.41. The number of hydrogen-bond donors (Lipinski definition) is 2. The fourth-order valence-corrected chi connectivity index (χ4v) is 5.52. The van der Waals surface area contributed by atoms with Crippen LogP contribution in [-0.2, 0) is 27.8 Å². The second kappa shape index (κ2) is 10.6. The van der Waals surface area contributed by atoms with Gasteiger partial charge in [0.25, 0.3) is 5.91 Å². The van der Waals surface area contributed by atoms with Gasteiger partial charge in [0.2, 0.25) is 10.0 Å². The molecular weight excluding hydrogens is 448 g/mol. The standard InChI is InChI=1S/C23H24N2O5S2/c1-3-17-6-8-18(9-7-17)16-25(22(23(26)24-27)15-20-5-4-14-31-20)32(28,29)21-12-10-19(30-2)11-13-21/h3-14,22,27H,1,15-16H2,2H3,(H,24,26)/t22-/m1/s1. The fourth-order valence-electron chi connectivity index (χ4n) is 3.20. The molecule has 9 heteroatoms. The second-order valence-electron chi connectivity index (χ2n) is 6.95. The molecule has 168 valence electrons. The normalized spacial score (nSPS) is 12.3. The van der Waals surface area contributed by atoms with Gasteiger partial charge in [0, 0.05) is 17.8 Å². The lowest BCUT2D eigenvalue weighted by molar-refractivity contribution is -0.133. The average Bonchev–Trinajstić information content (AvgIpc) is 3.34. The largest absolute Gasteiger partial charge is 0.497 e. The molecule has 0 unspecified atom stereocenters. The smallest absolute Gasteiger partial charge is 0.262 e. The number of nitrogens with one attached hydrogen (secondary N) is 1. The van der Waals surface area contributed by atoms with Crippen LogP contribution < -0.4 is 10.2 Å². The maximum atomic E-state index is 13.7. The Hall–Kier alpha value is -2.98. The number of rotatable bonds is 10. The number of methoxy groups -OCH3 is 1. The molecule has 3 aromatic rings. The summed E-state index contributed by atoms with van der Waals surface area (Å²) in [5.74, 6) is -0.294. The van der Waals surface area contributed by atoms with Gasteiger partial charge in [-0.3, -0.25) is 10.0 Å². The molecule has 2 N–H and O–H groups in total. The van der Waals surface area contributed by atoms with Crippen LogP contribution in [0.4, 0.5) is 0 Å². The van der Waals surface area contributed by atoms with E-state index in [1.54, 1.807) is 35.8 Å². The zero-order valence-corrected chi connectivity index (χ0v) is 19.1. The average molecular weight is 473 g/mol. The number of carbonyl (C=O) groups is 1. The predicted octanol–water partition coefficient (Wildman–Crippen LogP) is 3.71. The van der Waals surface area contributed by atoms with Gasteiger partial charge in [-0.05, 0) is 46.8 Å². The molecule has 0 spiro atoms. The molecule has 0 bridgehead atoms. The van der Waals surface area contributed by atoms with Crippen LogP contribution in [0.25, 0.3) is 6.08 Å². The van der Waals surface area contributed by atoms with Crippen LogP contribution in [0.5, 0.6) is 5.75 Å². The van der Waals surface area contributed by atoms with Crippen molar-refractivity contribution < 1.29 is 23.2 Å². The number of hydroxylamine groups is 1. The Balaban J connectivity index is 2.06. The third kappa shape index (κ3) is 5.43. The summed E-state index contributed by atoms with van der Waals surface area (Å²) in [4.78, 5) is 13.5. The van der Waals surface area contributed by atoms with E-state index in [0.717, 1.165) is 14.7 Å². The Kier molecular flexibility index (Phi) is 7.81. The van der Waals surface area contributed by atoms with E-state index in [9.17, 15) is 18.4 Å². The lowest BCUT2D eigenvalue weighted by atomic mass is 10.1. The number of benzene rings is 2. The minimum absolute atomic E-state index is 0.0166. The molecule has 1 heterocycles. The molecule has 0 saturated heterocycles. The van der Waals surface area contributed by atoms with Crippen LogP contribution in [-0.4, -0.2) is 37.0 Å². The van der Waals surface area contributed by atoms with Crippen molar-refractivity contribution >= 4 is 33.3 Å². The summed E-state index contributed by atoms with van der Waals surface area (Å²) in [6, 6.07) is 15.6. The first-order valence-corrected chi connectivity index (χ1v) is 12.0. The highest BCUT2D eigenvalue weighted by atomic mass is 32.2. The first-order valence-electron chi connectivity index (χ1n) is 9.72. The van der Waals surface area contributed by atoms with Crippen LogP contribution in [0.2, 0.25) is 0 Å². The van der Waals surface area contributed by atoms with E-state index in [-0.39, 0.29) is 17.9 Å². The van der Waals surface area contributed by atoms with Gasteiger partial charge in [-0.2, -0.15) is 4.31 Å². The van der Waals surface area contributed by atoms with Crippen molar-refractivity contribution in [3.63, 3.8) is 0 Å². The van der Waals surface area contributed by atoms with E-state index in [1.807, 2.05) is 29.6 Å². The van der Waals surface area contributed by atoms with Crippen LogP contribution >= 0.6 is 11.3 Å². The number of ether oxygens (including phenoxy) is 1. The molecule has 0 radical (unpaired) electrons. The monoisotopic (exact) mass is 472 g/mol. The third-order valence-corrected chi connectivity index (χ3v) is 7.72. The van der Waals surface area contributed by atoms with E-state index in [4.69, 9.17) is 4.74 Å². The van der Waals surface area contributed by atoms with Gasteiger partial charge in [-0.1, -0.05) is 43.0 Å². The highest BCUT2D eigenvalue weighted by Gasteiger charge is 2.36. The van der Waals surface area contributed by atoms with Crippen molar-refractivity contribution in [2.45, 2.75) is 23.9 Å². The topological polar surface area (TPSA) is 95.9 Å². The van der Waals surface area contributed by atoms with Crippen LogP contribution in [0, 0.1) is 0 Å². The molecule has 0 aliphatic heterocycles. The molecule has 3 rings (SSSR count). The number of nitrogens with zero attached hydrogens (tertiary/aromatic N) is 1. The Bertz CT molecular complexity index is 1140. The van der Waals surface area contributed by atoms with E-state index in [2.05, 4.69) is 6.58 Å². The van der Waals surface area contributed by atoms with Crippen molar-refractivity contribution in [2.75, 3.05) is 7.11 Å². The van der Waals surface area contributed by atoms with Crippen molar-refractivity contribution in [1.82, 2.24) is 9.79 Å². The molecule has 1 atom stereocenters. The lowest BCUT2D eigenvalue weighted by Crippen LogP contribution is -2.49. The second-order valence-corrected chi connectivity index (χ2v) is 9.87. The van der Waals surface area contributed by atoms with Gasteiger partial charge in [-0.25, -0.2) is 13.9 Å². The summed E-state index contributed by atoms with van der Waals surface area (Å²) in [7, 11) is -2.62. The van der Waals surface area contributed by atoms with Gasteiger partial charge in [0.15, 0.2) is 0 Å². The van der Waals surface area contributed by atoms with Crippen LogP contribution in [0.1, 0.15) is 16.0 Å². The molecular formula is C23H24N2O5S2. The molecule has 1 aromatic heterocycles. The van der Waals surface area contributed by atoms with Gasteiger partial charge in [0.05, 0.1) is 12.0 Å². The van der Waals surface area contributed by atoms with Gasteiger partial charge >= 0.3 is 0 Å². The molecule has 0 fully saturated rings. The Morgan fingerprint density at radius 2 is 1.88 bits per heavy atom. The van der Waals surface area contributed by atoms with E-state index in [0.29, 0.717) is 11.3 Å². The molecule has 32 heavy (non-hydrogen) atoms. The van der Waals surface area contributed by atoms with Gasteiger partial charge in [-0.15, -0.1) is 11.3 Å². The van der Waals surface area contributed by atoms with Crippen LogP contribution in [0.15, 0.2) is 77.5 Å². The molecule has 7 nitrogen and oxygen atoms in total. The summed E-state index contributed by atoms with van der Waals surface area (Å²) in [6.45, 7) is 3.66. The van der Waals surface area contributed by atoms with Crippen molar-refractivity contribution in [2.24, 2.45) is 0 Å². The zero-order valence-electron chi connectivity index (χ0n) is 17.5. The number of thiophene rings is 1. The van der Waals surface area contributed by atoms with Crippen molar-refractivity contribution in [3.8, 4) is 5.75 Å². The summed E-state index contributed by atoms with van der Waals surface area (Å²) < 4.78 is 33.6. The summed E-state index contributed by atoms with van der Waals surface area (Å²) in [6.07, 6.45) is 1.80. The minimum Gasteiger partial charge on any atom is -0.497 e. The molecule has 2 aromatic carbocycles. The quantitative estimate of drug-likeness (QED) is 0.346. The van der Waals surface area contributed by atoms with Crippen molar-refractivity contribution in [1.29, 1.82) is 0 Å². The van der Waals surface area contributed by atoms with Crippen molar-refractivity contribution in [3.05, 3.63) is 88.6 Å². The number of amides is 1. The molecule has 0 aliphatic rings. The minimum atomic E-state index is -4.11. The number of hydrogen-bond acceptors (Lipinski definition) is 6. The van der Waals surface area contributed by atoms with Gasteiger partial charge in [0.1, 0.15) is 11.8 Å². The Morgan fingerprint density at radius 1 is 1.19 bits per heavy atom. The predicted molar refractivity (Wildman–Crippen MR) is 124 cm³/mol.